The second-order valence-electron chi connectivity index (χ2n) is 2.71. The molecule has 0 aliphatic carbocycles. The summed E-state index contributed by atoms with van der Waals surface area (Å²) in [7, 11) is 0. The maximum Gasteiger partial charge on any atom is 0.432 e. The van der Waals surface area contributed by atoms with Gasteiger partial charge in [0.05, 0.1) is 0 Å². The molecule has 0 aliphatic heterocycles. The minimum Gasteiger partial charge on any atom is -0.291 e. The van der Waals surface area contributed by atoms with E-state index in [2.05, 4.69) is 0 Å². The van der Waals surface area contributed by atoms with Crippen molar-refractivity contribution in [2.24, 2.45) is 0 Å². The lowest BCUT2D eigenvalue weighted by atomic mass is 10.4. The van der Waals surface area contributed by atoms with Crippen molar-refractivity contribution in [2.75, 3.05) is 0 Å². The minimum atomic E-state index is -4.87. The summed E-state index contributed by atoms with van der Waals surface area (Å²) in [6.07, 6.45) is -9.62. The van der Waals surface area contributed by atoms with Crippen molar-refractivity contribution in [3.8, 4) is 0 Å². The average Bonchev–Trinajstić information content (AvgIpc) is 2.27. The van der Waals surface area contributed by atoms with Crippen LogP contribution in [0.4, 0.5) is 26.3 Å². The summed E-state index contributed by atoms with van der Waals surface area (Å²) < 4.78 is 71.0. The fourth-order valence-corrected chi connectivity index (χ4v) is 0.876. The van der Waals surface area contributed by atoms with Crippen LogP contribution in [0, 0.1) is 0 Å². The lowest BCUT2D eigenvalue weighted by Gasteiger charge is -2.06. The fraction of sp³-hybridized carbons (Fsp3) is 0.500. The van der Waals surface area contributed by atoms with Gasteiger partial charge in [0.1, 0.15) is 12.2 Å². The molecule has 1 aromatic heterocycles. The number of aromatic amines is 1. The molecule has 0 radical (unpaired) electrons. The zero-order valence-electron chi connectivity index (χ0n) is 6.91. The van der Waals surface area contributed by atoms with Crippen LogP contribution in [0.2, 0.25) is 0 Å². The van der Waals surface area contributed by atoms with Crippen LogP contribution in [0.25, 0.3) is 0 Å². The molecule has 0 bridgehead atoms. The van der Waals surface area contributed by atoms with E-state index in [1.54, 1.807) is 0 Å². The van der Waals surface area contributed by atoms with Crippen LogP contribution in [0.5, 0.6) is 0 Å². The summed E-state index contributed by atoms with van der Waals surface area (Å²) in [5.41, 5.74) is -2.88. The minimum absolute atomic E-state index is 0.0751. The number of nitrogens with zero attached hydrogens (tertiary/aromatic N) is 1. The van der Waals surface area contributed by atoms with Gasteiger partial charge < -0.3 is 0 Å². The van der Waals surface area contributed by atoms with Gasteiger partial charge >= 0.3 is 12.4 Å². The normalized spacial score (nSPS) is 13.2. The highest BCUT2D eigenvalue weighted by atomic mass is 19.4. The Bertz CT molecular complexity index is 397. The van der Waals surface area contributed by atoms with Crippen molar-refractivity contribution in [1.82, 2.24) is 9.78 Å². The summed E-state index contributed by atoms with van der Waals surface area (Å²) in [5.74, 6) is 0. The molecule has 0 saturated heterocycles. The van der Waals surface area contributed by atoms with Crippen LogP contribution < -0.4 is 5.56 Å². The van der Waals surface area contributed by atoms with E-state index in [0.29, 0.717) is 0 Å². The van der Waals surface area contributed by atoms with Crippen LogP contribution in [0.1, 0.15) is 5.69 Å². The van der Waals surface area contributed by atoms with E-state index in [0.717, 1.165) is 0 Å². The Hall–Kier alpha value is -1.41. The summed E-state index contributed by atoms with van der Waals surface area (Å²) in [5, 5.41) is 1.34. The molecule has 0 unspecified atom stereocenters. The molecule has 86 valence electrons. The van der Waals surface area contributed by atoms with Crippen LogP contribution in [0.3, 0.4) is 0 Å². The highest BCUT2D eigenvalue weighted by Crippen LogP contribution is 2.26. The topological polar surface area (TPSA) is 37.8 Å². The molecule has 1 N–H and O–H groups in total. The molecule has 0 atom stereocenters. The van der Waals surface area contributed by atoms with Gasteiger partial charge in [0.15, 0.2) is 0 Å². The third-order valence-corrected chi connectivity index (χ3v) is 1.43. The maximum absolute atomic E-state index is 11.9. The number of H-pyrrole nitrogens is 1. The van der Waals surface area contributed by atoms with Gasteiger partial charge in [0.2, 0.25) is 0 Å². The standard InChI is InChI=1S/C6H4F6N2O/c7-5(8,9)2-14-4(15)1-3(13-14)6(10,11)12/h1,13H,2H2. The highest BCUT2D eigenvalue weighted by molar-refractivity contribution is 5.03. The first-order valence-electron chi connectivity index (χ1n) is 3.53. The lowest BCUT2D eigenvalue weighted by Crippen LogP contribution is -2.26. The van der Waals surface area contributed by atoms with E-state index >= 15 is 0 Å². The monoisotopic (exact) mass is 234 g/mol. The Balaban J connectivity index is 3.03. The molecular formula is C6H4F6N2O. The Kier molecular flexibility index (Phi) is 2.58. The number of rotatable bonds is 1. The molecule has 1 aromatic rings. The third kappa shape index (κ3) is 3.03. The Morgan fingerprint density at radius 3 is 2.07 bits per heavy atom. The van der Waals surface area contributed by atoms with Gasteiger partial charge in [-0.05, 0) is 0 Å². The van der Waals surface area contributed by atoms with Gasteiger partial charge in [-0.1, -0.05) is 0 Å². The average molecular weight is 234 g/mol. The molecule has 0 fully saturated rings. The zero-order valence-corrected chi connectivity index (χ0v) is 6.91. The molecular weight excluding hydrogens is 230 g/mol. The van der Waals surface area contributed by atoms with E-state index in [-0.39, 0.29) is 10.7 Å². The van der Waals surface area contributed by atoms with Gasteiger partial charge in [-0.2, -0.15) is 26.3 Å². The fourth-order valence-electron chi connectivity index (χ4n) is 0.876. The second-order valence-corrected chi connectivity index (χ2v) is 2.71. The van der Waals surface area contributed by atoms with Crippen molar-refractivity contribution in [1.29, 1.82) is 0 Å². The molecule has 15 heavy (non-hydrogen) atoms. The van der Waals surface area contributed by atoms with Crippen LogP contribution >= 0.6 is 0 Å². The number of hydrogen-bond donors (Lipinski definition) is 1. The first kappa shape index (κ1) is 11.7. The molecule has 0 aliphatic rings. The third-order valence-electron chi connectivity index (χ3n) is 1.43. The molecule has 1 heterocycles. The van der Waals surface area contributed by atoms with Crippen LogP contribution in [-0.2, 0) is 12.7 Å². The smallest absolute Gasteiger partial charge is 0.291 e. The van der Waals surface area contributed by atoms with Crippen molar-refractivity contribution in [3.05, 3.63) is 22.1 Å². The van der Waals surface area contributed by atoms with Gasteiger partial charge in [-0.3, -0.25) is 9.89 Å². The molecule has 1 rings (SSSR count). The second kappa shape index (κ2) is 3.31. The van der Waals surface area contributed by atoms with Gasteiger partial charge in [0, 0.05) is 6.07 Å². The summed E-state index contributed by atoms with van der Waals surface area (Å²) in [4.78, 5) is 10.7. The molecule has 0 spiro atoms. The van der Waals surface area contributed by atoms with Crippen LogP contribution in [-0.4, -0.2) is 16.0 Å². The van der Waals surface area contributed by atoms with E-state index in [1.807, 2.05) is 0 Å². The van der Waals surface area contributed by atoms with Crippen LogP contribution in [0.15, 0.2) is 10.9 Å². The SMILES string of the molecule is O=c1cc(C(F)(F)F)[nH]n1CC(F)(F)F. The summed E-state index contributed by atoms with van der Waals surface area (Å²) in [6.45, 7) is -1.78. The van der Waals surface area contributed by atoms with Gasteiger partial charge in [-0.15, -0.1) is 0 Å². The van der Waals surface area contributed by atoms with Crippen molar-refractivity contribution in [3.63, 3.8) is 0 Å². The maximum atomic E-state index is 11.9. The number of hydrogen-bond acceptors (Lipinski definition) is 1. The Labute approximate surface area is 78.3 Å². The first-order valence-corrected chi connectivity index (χ1v) is 3.53. The van der Waals surface area contributed by atoms with E-state index in [4.69, 9.17) is 0 Å². The quantitative estimate of drug-likeness (QED) is 0.738. The van der Waals surface area contributed by atoms with Crippen molar-refractivity contribution < 1.29 is 26.3 Å². The highest BCUT2D eigenvalue weighted by Gasteiger charge is 2.35. The predicted molar refractivity (Wildman–Crippen MR) is 36.1 cm³/mol. The summed E-state index contributed by atoms with van der Waals surface area (Å²) in [6, 6.07) is 0.0751. The first-order chi connectivity index (χ1) is 6.59. The molecule has 0 amide bonds. The Morgan fingerprint density at radius 2 is 1.73 bits per heavy atom. The van der Waals surface area contributed by atoms with Gasteiger partial charge in [0.25, 0.3) is 5.56 Å². The molecule has 3 nitrogen and oxygen atoms in total. The van der Waals surface area contributed by atoms with Gasteiger partial charge in [-0.25, -0.2) is 4.68 Å². The predicted octanol–water partition coefficient (Wildman–Crippen LogP) is 1.76. The zero-order chi connectivity index (χ0) is 11.9. The largest absolute Gasteiger partial charge is 0.432 e. The number of halogens is 6. The number of aromatic nitrogens is 2. The molecule has 0 saturated carbocycles. The number of nitrogens with one attached hydrogen (secondary N) is 1. The summed E-state index contributed by atoms with van der Waals surface area (Å²) >= 11 is 0. The van der Waals surface area contributed by atoms with Crippen molar-refractivity contribution in [2.45, 2.75) is 18.9 Å². The Morgan fingerprint density at radius 1 is 1.20 bits per heavy atom. The molecule has 9 heteroatoms. The van der Waals surface area contributed by atoms with Crippen molar-refractivity contribution >= 4 is 0 Å². The van der Waals surface area contributed by atoms with E-state index in [9.17, 15) is 31.1 Å². The van der Waals surface area contributed by atoms with E-state index in [1.165, 1.54) is 5.10 Å². The van der Waals surface area contributed by atoms with E-state index < -0.39 is 30.2 Å². The molecule has 0 aromatic carbocycles. The lowest BCUT2D eigenvalue weighted by molar-refractivity contribution is -0.149. The number of alkyl halides is 6.